The number of hydroxylamine groups is 2. The quantitative estimate of drug-likeness (QED) is 0.769. The maximum atomic E-state index is 12.1. The van der Waals surface area contributed by atoms with E-state index < -0.39 is 17.8 Å². The molecule has 2 fully saturated rings. The van der Waals surface area contributed by atoms with Gasteiger partial charge in [0.1, 0.15) is 0 Å². The van der Waals surface area contributed by atoms with Crippen LogP contribution in [0.25, 0.3) is 0 Å². The van der Waals surface area contributed by atoms with E-state index in [1.807, 2.05) is 0 Å². The van der Waals surface area contributed by atoms with Crippen LogP contribution in [-0.4, -0.2) is 22.8 Å². The van der Waals surface area contributed by atoms with Crippen molar-refractivity contribution in [1.29, 1.82) is 0 Å². The van der Waals surface area contributed by atoms with E-state index in [-0.39, 0.29) is 5.92 Å². The highest BCUT2D eigenvalue weighted by Crippen LogP contribution is 2.58. The molecule has 1 heterocycles. The fourth-order valence-electron chi connectivity index (χ4n) is 3.57. The minimum absolute atomic E-state index is 0.118. The van der Waals surface area contributed by atoms with Gasteiger partial charge >= 0.3 is 5.97 Å². The number of fused-ring (bicyclic) bond motifs is 2. The second-order valence-electron chi connectivity index (χ2n) is 5.64. The molecule has 0 saturated heterocycles. The summed E-state index contributed by atoms with van der Waals surface area (Å²) >= 11 is 0. The first kappa shape index (κ1) is 11.6. The summed E-state index contributed by atoms with van der Waals surface area (Å²) in [4.78, 5) is 41.2. The Bertz CT molecular complexity index is 594. The van der Waals surface area contributed by atoms with Crippen molar-refractivity contribution in [2.24, 2.45) is 17.8 Å². The lowest BCUT2D eigenvalue weighted by Gasteiger charge is -2.13. The zero-order valence-corrected chi connectivity index (χ0v) is 10.7. The highest BCUT2D eigenvalue weighted by molar-refractivity contribution is 6.20. The molecular weight excluding hydrogens is 258 g/mol. The van der Waals surface area contributed by atoms with Gasteiger partial charge in [-0.3, -0.25) is 9.59 Å². The number of nitrogens with zero attached hydrogens (tertiary/aromatic N) is 1. The molecule has 2 amide bonds. The van der Waals surface area contributed by atoms with Gasteiger partial charge in [0.25, 0.3) is 11.8 Å². The molecule has 0 spiro atoms. The lowest BCUT2D eigenvalue weighted by Crippen LogP contribution is -2.33. The van der Waals surface area contributed by atoms with Gasteiger partial charge < -0.3 is 4.84 Å². The van der Waals surface area contributed by atoms with Crippen LogP contribution >= 0.6 is 0 Å². The first-order chi connectivity index (χ1) is 9.68. The minimum Gasteiger partial charge on any atom is -0.329 e. The second kappa shape index (κ2) is 3.91. The van der Waals surface area contributed by atoms with E-state index in [0.29, 0.717) is 28.0 Å². The van der Waals surface area contributed by atoms with Crippen LogP contribution in [0.3, 0.4) is 0 Å². The van der Waals surface area contributed by atoms with Gasteiger partial charge in [-0.2, -0.15) is 0 Å². The summed E-state index contributed by atoms with van der Waals surface area (Å²) in [6.45, 7) is 0. The third-order valence-electron chi connectivity index (χ3n) is 4.62. The summed E-state index contributed by atoms with van der Waals surface area (Å²) < 4.78 is 0. The summed E-state index contributed by atoms with van der Waals surface area (Å²) in [6.07, 6.45) is 3.26. The lowest BCUT2D eigenvalue weighted by atomic mass is 10.1. The number of benzene rings is 1. The normalized spacial score (nSPS) is 30.2. The van der Waals surface area contributed by atoms with Crippen molar-refractivity contribution in [3.05, 3.63) is 35.4 Å². The largest absolute Gasteiger partial charge is 0.336 e. The molecule has 2 atom stereocenters. The molecule has 2 unspecified atom stereocenters. The van der Waals surface area contributed by atoms with E-state index in [2.05, 4.69) is 0 Å². The lowest BCUT2D eigenvalue weighted by molar-refractivity contribution is -0.171. The topological polar surface area (TPSA) is 63.7 Å². The number of hydrogen-bond acceptors (Lipinski definition) is 4. The summed E-state index contributed by atoms with van der Waals surface area (Å²) in [5.74, 6) is -0.854. The van der Waals surface area contributed by atoms with Gasteiger partial charge in [-0.1, -0.05) is 23.6 Å². The van der Waals surface area contributed by atoms with E-state index in [1.54, 1.807) is 24.3 Å². The van der Waals surface area contributed by atoms with Gasteiger partial charge in [0.2, 0.25) is 0 Å². The molecular formula is C15H13NO4. The molecule has 2 saturated carbocycles. The molecule has 4 rings (SSSR count). The Balaban J connectivity index is 1.52. The Morgan fingerprint density at radius 2 is 1.60 bits per heavy atom. The molecule has 0 radical (unpaired) electrons. The molecule has 1 aromatic carbocycles. The number of carbonyl (C=O) groups excluding carboxylic acids is 3. The predicted octanol–water partition coefficient (Wildman–Crippen LogP) is 1.79. The molecule has 5 heteroatoms. The fraction of sp³-hybridized carbons (Fsp3) is 0.400. The molecule has 3 aliphatic rings. The number of rotatable bonds is 2. The second-order valence-corrected chi connectivity index (χ2v) is 5.64. The van der Waals surface area contributed by atoms with Crippen LogP contribution < -0.4 is 0 Å². The Labute approximate surface area is 115 Å². The highest BCUT2D eigenvalue weighted by Gasteiger charge is 2.58. The zero-order chi connectivity index (χ0) is 13.9. The van der Waals surface area contributed by atoms with Gasteiger partial charge in [0, 0.05) is 0 Å². The van der Waals surface area contributed by atoms with Gasteiger partial charge in [-0.05, 0) is 36.8 Å². The molecule has 0 aromatic heterocycles. The minimum atomic E-state index is -0.551. The Morgan fingerprint density at radius 3 is 2.15 bits per heavy atom. The van der Waals surface area contributed by atoms with Crippen molar-refractivity contribution < 1.29 is 19.2 Å². The van der Waals surface area contributed by atoms with E-state index >= 15 is 0 Å². The van der Waals surface area contributed by atoms with E-state index in [9.17, 15) is 14.4 Å². The fourth-order valence-corrected chi connectivity index (χ4v) is 3.57. The predicted molar refractivity (Wildman–Crippen MR) is 67.4 cm³/mol. The molecule has 0 bridgehead atoms. The number of amides is 2. The van der Waals surface area contributed by atoms with Crippen molar-refractivity contribution in [3.8, 4) is 0 Å². The van der Waals surface area contributed by atoms with Gasteiger partial charge in [-0.15, -0.1) is 0 Å². The summed E-state index contributed by atoms with van der Waals surface area (Å²) in [5.41, 5.74) is 0.586. The number of imide groups is 1. The first-order valence-electron chi connectivity index (χ1n) is 6.88. The van der Waals surface area contributed by atoms with Crippen LogP contribution in [0.5, 0.6) is 0 Å². The Morgan fingerprint density at radius 1 is 1.05 bits per heavy atom. The van der Waals surface area contributed by atoms with Crippen LogP contribution in [0.1, 0.15) is 40.0 Å². The van der Waals surface area contributed by atoms with Gasteiger partial charge in [0.05, 0.1) is 17.0 Å². The first-order valence-corrected chi connectivity index (χ1v) is 6.88. The third kappa shape index (κ3) is 1.46. The highest BCUT2D eigenvalue weighted by atomic mass is 16.7. The Kier molecular flexibility index (Phi) is 2.28. The molecule has 1 aromatic rings. The van der Waals surface area contributed by atoms with E-state index in [0.717, 1.165) is 19.3 Å². The van der Waals surface area contributed by atoms with Crippen LogP contribution in [-0.2, 0) is 9.63 Å². The van der Waals surface area contributed by atoms with Crippen molar-refractivity contribution >= 4 is 17.8 Å². The average molecular weight is 271 g/mol. The zero-order valence-electron chi connectivity index (χ0n) is 10.7. The average Bonchev–Trinajstić information content (AvgIpc) is 2.84. The van der Waals surface area contributed by atoms with E-state index in [1.165, 1.54) is 0 Å². The molecule has 102 valence electrons. The van der Waals surface area contributed by atoms with Gasteiger partial charge in [0.15, 0.2) is 0 Å². The standard InChI is InChI=1S/C15H13NO4/c17-13-10-4-1-2-5-11(10)14(18)16(13)20-15(19)12-8-6-3-7-9(8)12/h1-2,4-5,8-9,12H,3,6-7H2. The molecule has 0 N–H and O–H groups in total. The number of carbonyl (C=O) groups is 3. The maximum Gasteiger partial charge on any atom is 0.336 e. The van der Waals surface area contributed by atoms with Crippen molar-refractivity contribution in [3.63, 3.8) is 0 Å². The van der Waals surface area contributed by atoms with Gasteiger partial charge in [-0.25, -0.2) is 4.79 Å². The molecule has 2 aliphatic carbocycles. The van der Waals surface area contributed by atoms with Crippen molar-refractivity contribution in [2.45, 2.75) is 19.3 Å². The number of hydrogen-bond donors (Lipinski definition) is 0. The Hall–Kier alpha value is -2.17. The van der Waals surface area contributed by atoms with E-state index in [4.69, 9.17) is 4.84 Å². The van der Waals surface area contributed by atoms with Crippen molar-refractivity contribution in [2.75, 3.05) is 0 Å². The monoisotopic (exact) mass is 271 g/mol. The van der Waals surface area contributed by atoms with Crippen LogP contribution in [0, 0.1) is 17.8 Å². The summed E-state index contributed by atoms with van der Waals surface area (Å²) in [7, 11) is 0. The van der Waals surface area contributed by atoms with Crippen LogP contribution in [0.15, 0.2) is 24.3 Å². The molecule has 5 nitrogen and oxygen atoms in total. The summed E-state index contributed by atoms with van der Waals surface area (Å²) in [6, 6.07) is 6.49. The molecule has 1 aliphatic heterocycles. The smallest absolute Gasteiger partial charge is 0.329 e. The van der Waals surface area contributed by atoms with Crippen LogP contribution in [0.4, 0.5) is 0 Å². The van der Waals surface area contributed by atoms with Crippen LogP contribution in [0.2, 0.25) is 0 Å². The SMILES string of the molecule is O=C(ON1C(=O)c2ccccc2C1=O)C1C2CCCC21. The summed E-state index contributed by atoms with van der Waals surface area (Å²) in [5, 5.41) is 0.612. The maximum absolute atomic E-state index is 12.1. The molecule has 20 heavy (non-hydrogen) atoms. The van der Waals surface area contributed by atoms with Crippen molar-refractivity contribution in [1.82, 2.24) is 5.06 Å². The third-order valence-corrected chi connectivity index (χ3v) is 4.62.